The van der Waals surface area contributed by atoms with E-state index in [1.54, 1.807) is 6.92 Å². The Morgan fingerprint density at radius 3 is 2.41 bits per heavy atom. The topological polar surface area (TPSA) is 69.7 Å². The number of nitrogens with zero attached hydrogens (tertiary/aromatic N) is 2. The molecule has 0 bridgehead atoms. The van der Waals surface area contributed by atoms with Crippen molar-refractivity contribution in [3.05, 3.63) is 29.3 Å². The minimum absolute atomic E-state index is 0.267. The maximum Gasteiger partial charge on any atom is 0.243 e. The number of sulfonamides is 1. The number of aryl methyl sites for hydroxylation is 2. The molecule has 1 fully saturated rings. The zero-order valence-corrected chi connectivity index (χ0v) is 17.8. The lowest BCUT2D eigenvalue weighted by atomic mass is 10.1. The summed E-state index contributed by atoms with van der Waals surface area (Å²) in [5, 5.41) is 2.92. The van der Waals surface area contributed by atoms with Gasteiger partial charge in [-0.1, -0.05) is 25.0 Å². The van der Waals surface area contributed by atoms with Crippen LogP contribution in [0, 0.1) is 13.8 Å². The van der Waals surface area contributed by atoms with Gasteiger partial charge in [-0.3, -0.25) is 9.10 Å². The molecule has 0 saturated carbocycles. The van der Waals surface area contributed by atoms with E-state index in [-0.39, 0.29) is 5.91 Å². The van der Waals surface area contributed by atoms with Crippen molar-refractivity contribution < 1.29 is 13.2 Å². The van der Waals surface area contributed by atoms with Gasteiger partial charge in [-0.25, -0.2) is 8.42 Å². The van der Waals surface area contributed by atoms with E-state index in [2.05, 4.69) is 10.2 Å². The molecule has 1 aromatic carbocycles. The quantitative estimate of drug-likeness (QED) is 0.770. The Bertz CT molecular complexity index is 741. The van der Waals surface area contributed by atoms with E-state index < -0.39 is 16.1 Å². The van der Waals surface area contributed by atoms with Crippen LogP contribution in [0.25, 0.3) is 0 Å². The molecule has 1 N–H and O–H groups in total. The molecule has 1 aliphatic rings. The minimum atomic E-state index is -3.59. The average Bonchev–Trinajstić information content (AvgIpc) is 2.85. The molecule has 0 spiro atoms. The zero-order chi connectivity index (χ0) is 20.0. The first-order valence-electron chi connectivity index (χ1n) is 9.77. The molecule has 27 heavy (non-hydrogen) atoms. The lowest BCUT2D eigenvalue weighted by molar-refractivity contribution is -0.121. The lowest BCUT2D eigenvalue weighted by Crippen LogP contribution is -2.49. The molecular weight excluding hydrogens is 362 g/mol. The van der Waals surface area contributed by atoms with E-state index in [0.29, 0.717) is 12.2 Å². The Morgan fingerprint density at radius 2 is 1.81 bits per heavy atom. The summed E-state index contributed by atoms with van der Waals surface area (Å²) in [6.45, 7) is 8.90. The molecule has 7 heteroatoms. The van der Waals surface area contributed by atoms with Gasteiger partial charge in [0.15, 0.2) is 0 Å². The van der Waals surface area contributed by atoms with E-state index in [0.717, 1.165) is 37.0 Å². The fourth-order valence-corrected chi connectivity index (χ4v) is 4.81. The van der Waals surface area contributed by atoms with Crippen LogP contribution in [0.5, 0.6) is 0 Å². The second-order valence-corrected chi connectivity index (χ2v) is 9.43. The van der Waals surface area contributed by atoms with Crippen LogP contribution in [0.4, 0.5) is 5.69 Å². The molecule has 1 unspecified atom stereocenters. The first kappa shape index (κ1) is 21.7. The molecule has 0 aliphatic carbocycles. The Balaban J connectivity index is 2.05. The molecule has 1 aliphatic heterocycles. The van der Waals surface area contributed by atoms with Crippen molar-refractivity contribution in [3.8, 4) is 0 Å². The van der Waals surface area contributed by atoms with Crippen LogP contribution in [0.2, 0.25) is 0 Å². The van der Waals surface area contributed by atoms with Crippen LogP contribution < -0.4 is 9.62 Å². The predicted molar refractivity (Wildman–Crippen MR) is 111 cm³/mol. The highest BCUT2D eigenvalue weighted by atomic mass is 32.2. The van der Waals surface area contributed by atoms with Crippen molar-refractivity contribution in [1.82, 2.24) is 10.2 Å². The number of hydrogen-bond acceptors (Lipinski definition) is 4. The molecule has 1 saturated heterocycles. The van der Waals surface area contributed by atoms with Crippen LogP contribution >= 0.6 is 0 Å². The van der Waals surface area contributed by atoms with Gasteiger partial charge in [0.2, 0.25) is 15.9 Å². The van der Waals surface area contributed by atoms with Crippen molar-refractivity contribution in [2.45, 2.75) is 52.5 Å². The van der Waals surface area contributed by atoms with Crippen LogP contribution in [-0.2, 0) is 14.8 Å². The summed E-state index contributed by atoms with van der Waals surface area (Å²) in [6.07, 6.45) is 6.12. The molecule has 0 radical (unpaired) electrons. The van der Waals surface area contributed by atoms with E-state index in [1.807, 2.05) is 32.0 Å². The Hall–Kier alpha value is -1.60. The summed E-state index contributed by atoms with van der Waals surface area (Å²) in [4.78, 5) is 15.0. The largest absolute Gasteiger partial charge is 0.353 e. The number of likely N-dealkylation sites (tertiary alicyclic amines) is 1. The van der Waals surface area contributed by atoms with Crippen molar-refractivity contribution >= 4 is 21.6 Å². The minimum Gasteiger partial charge on any atom is -0.353 e. The van der Waals surface area contributed by atoms with Gasteiger partial charge < -0.3 is 10.2 Å². The summed E-state index contributed by atoms with van der Waals surface area (Å²) in [7, 11) is -3.59. The number of hydrogen-bond donors (Lipinski definition) is 1. The molecule has 1 atom stereocenters. The summed E-state index contributed by atoms with van der Waals surface area (Å²) >= 11 is 0. The second-order valence-electron chi connectivity index (χ2n) is 7.57. The molecule has 6 nitrogen and oxygen atoms in total. The third-order valence-corrected chi connectivity index (χ3v) is 6.34. The van der Waals surface area contributed by atoms with E-state index >= 15 is 0 Å². The first-order valence-corrected chi connectivity index (χ1v) is 11.6. The Labute approximate surface area is 164 Å². The van der Waals surface area contributed by atoms with Crippen LogP contribution in [0.3, 0.4) is 0 Å². The van der Waals surface area contributed by atoms with Gasteiger partial charge in [0.1, 0.15) is 6.04 Å². The molecule has 1 heterocycles. The lowest BCUT2D eigenvalue weighted by Gasteiger charge is -2.30. The monoisotopic (exact) mass is 395 g/mol. The Morgan fingerprint density at radius 1 is 1.19 bits per heavy atom. The summed E-state index contributed by atoms with van der Waals surface area (Å²) in [5.41, 5.74) is 2.35. The van der Waals surface area contributed by atoms with Gasteiger partial charge in [-0.05, 0) is 63.9 Å². The van der Waals surface area contributed by atoms with Crippen molar-refractivity contribution in [1.29, 1.82) is 0 Å². The van der Waals surface area contributed by atoms with Crippen LogP contribution in [0.1, 0.15) is 43.7 Å². The van der Waals surface area contributed by atoms with Crippen molar-refractivity contribution in [3.63, 3.8) is 0 Å². The van der Waals surface area contributed by atoms with Gasteiger partial charge >= 0.3 is 0 Å². The maximum atomic E-state index is 12.7. The van der Waals surface area contributed by atoms with Gasteiger partial charge in [0, 0.05) is 13.1 Å². The van der Waals surface area contributed by atoms with Gasteiger partial charge in [-0.2, -0.15) is 0 Å². The SMILES string of the molecule is Cc1ccc(C)c(N(C(C)C(=O)NCCN2CCCCCC2)S(C)(=O)=O)c1. The molecule has 0 aromatic heterocycles. The predicted octanol–water partition coefficient (Wildman–Crippen LogP) is 2.45. The first-order chi connectivity index (χ1) is 12.7. The highest BCUT2D eigenvalue weighted by Gasteiger charge is 2.30. The highest BCUT2D eigenvalue weighted by Crippen LogP contribution is 2.26. The van der Waals surface area contributed by atoms with Crippen LogP contribution in [0.15, 0.2) is 18.2 Å². The third-order valence-electron chi connectivity index (χ3n) is 5.12. The van der Waals surface area contributed by atoms with E-state index in [9.17, 15) is 13.2 Å². The second kappa shape index (κ2) is 9.55. The number of rotatable bonds is 7. The smallest absolute Gasteiger partial charge is 0.243 e. The van der Waals surface area contributed by atoms with E-state index in [1.165, 1.54) is 30.0 Å². The summed E-state index contributed by atoms with van der Waals surface area (Å²) < 4.78 is 26.1. The van der Waals surface area contributed by atoms with Gasteiger partial charge in [0.05, 0.1) is 11.9 Å². The zero-order valence-electron chi connectivity index (χ0n) is 17.0. The molecule has 152 valence electrons. The van der Waals surface area contributed by atoms with Crippen molar-refractivity contribution in [2.24, 2.45) is 0 Å². The van der Waals surface area contributed by atoms with E-state index in [4.69, 9.17) is 0 Å². The maximum absolute atomic E-state index is 12.7. The molecule has 1 amide bonds. The average molecular weight is 396 g/mol. The van der Waals surface area contributed by atoms with Crippen LogP contribution in [-0.4, -0.2) is 57.7 Å². The number of nitrogens with one attached hydrogen (secondary N) is 1. The van der Waals surface area contributed by atoms with Gasteiger partial charge in [0.25, 0.3) is 0 Å². The third kappa shape index (κ3) is 6.21. The molecule has 2 rings (SSSR count). The molecular formula is C20H33N3O3S. The normalized spacial score (nSPS) is 17.2. The number of carbonyl (C=O) groups excluding carboxylic acids is 1. The fraction of sp³-hybridized carbons (Fsp3) is 0.650. The Kier molecular flexibility index (Phi) is 7.68. The number of benzene rings is 1. The number of amides is 1. The fourth-order valence-electron chi connectivity index (χ4n) is 3.58. The summed E-state index contributed by atoms with van der Waals surface area (Å²) in [6, 6.07) is 4.83. The molecule has 1 aromatic rings. The number of carbonyl (C=O) groups is 1. The van der Waals surface area contributed by atoms with Gasteiger partial charge in [-0.15, -0.1) is 0 Å². The highest BCUT2D eigenvalue weighted by molar-refractivity contribution is 7.92. The summed E-state index contributed by atoms with van der Waals surface area (Å²) in [5.74, 6) is -0.267. The standard InChI is InChI=1S/C20H33N3O3S/c1-16-9-10-17(2)19(15-16)23(27(4,25)26)18(3)20(24)21-11-14-22-12-7-5-6-8-13-22/h9-10,15,18H,5-8,11-14H2,1-4H3,(H,21,24). The van der Waals surface area contributed by atoms with Crippen molar-refractivity contribution in [2.75, 3.05) is 36.7 Å². The number of anilines is 1.